The van der Waals surface area contributed by atoms with Crippen molar-refractivity contribution in [2.45, 2.75) is 38.3 Å². The fourth-order valence-electron chi connectivity index (χ4n) is 3.68. The standard InChI is InChI=1S/C19H21N3O4/c23-17-5-4-15(18(24)21-17)22-10-14-13(19(22)25)2-1-3-16(14)26-11-12-6-8-20-9-7-12/h1-3,11,15,20H,4-10H2,(H,21,23,24). The van der Waals surface area contributed by atoms with Crippen LogP contribution < -0.4 is 15.4 Å². The largest absolute Gasteiger partial charge is 0.465 e. The summed E-state index contributed by atoms with van der Waals surface area (Å²) >= 11 is 0. The van der Waals surface area contributed by atoms with Gasteiger partial charge >= 0.3 is 0 Å². The Balaban J connectivity index is 1.54. The topological polar surface area (TPSA) is 87.7 Å². The number of benzene rings is 1. The van der Waals surface area contributed by atoms with Crippen molar-refractivity contribution < 1.29 is 19.1 Å². The van der Waals surface area contributed by atoms with Gasteiger partial charge in [-0.05, 0) is 50.1 Å². The van der Waals surface area contributed by atoms with Gasteiger partial charge in [-0.3, -0.25) is 19.7 Å². The predicted octanol–water partition coefficient (Wildman–Crippen LogP) is 1.09. The van der Waals surface area contributed by atoms with Crippen LogP contribution in [0.5, 0.6) is 5.75 Å². The molecule has 0 saturated carbocycles. The van der Waals surface area contributed by atoms with Crippen molar-refractivity contribution in [2.75, 3.05) is 13.1 Å². The highest BCUT2D eigenvalue weighted by atomic mass is 16.5. The zero-order chi connectivity index (χ0) is 18.1. The molecule has 3 amide bonds. The summed E-state index contributed by atoms with van der Waals surface area (Å²) in [5.41, 5.74) is 2.61. The quantitative estimate of drug-likeness (QED) is 0.626. The molecule has 0 radical (unpaired) electrons. The molecule has 2 N–H and O–H groups in total. The summed E-state index contributed by atoms with van der Waals surface area (Å²) in [4.78, 5) is 37.8. The second-order valence-electron chi connectivity index (χ2n) is 6.83. The Morgan fingerprint density at radius 1 is 1.12 bits per heavy atom. The van der Waals surface area contributed by atoms with E-state index in [1.807, 2.05) is 6.07 Å². The van der Waals surface area contributed by atoms with E-state index in [9.17, 15) is 14.4 Å². The molecule has 0 aromatic heterocycles. The van der Waals surface area contributed by atoms with Crippen LogP contribution in [0.1, 0.15) is 41.6 Å². The van der Waals surface area contributed by atoms with Gasteiger partial charge in [-0.15, -0.1) is 0 Å². The molecule has 2 saturated heterocycles. The van der Waals surface area contributed by atoms with Gasteiger partial charge < -0.3 is 15.0 Å². The lowest BCUT2D eigenvalue weighted by Gasteiger charge is -2.29. The highest BCUT2D eigenvalue weighted by Crippen LogP contribution is 2.33. The summed E-state index contributed by atoms with van der Waals surface area (Å²) in [6.45, 7) is 2.22. The zero-order valence-electron chi connectivity index (χ0n) is 14.4. The first-order valence-electron chi connectivity index (χ1n) is 8.95. The summed E-state index contributed by atoms with van der Waals surface area (Å²) in [7, 11) is 0. The maximum atomic E-state index is 12.8. The SMILES string of the molecule is O=C1CCC(N2Cc3c(OC=C4CCNCC4)cccc3C2=O)C(=O)N1. The Bertz CT molecular complexity index is 794. The van der Waals surface area contributed by atoms with Gasteiger partial charge in [0, 0.05) is 17.5 Å². The van der Waals surface area contributed by atoms with Gasteiger partial charge in [0.05, 0.1) is 12.8 Å². The first-order valence-corrected chi connectivity index (χ1v) is 8.95. The minimum atomic E-state index is -0.608. The molecular weight excluding hydrogens is 334 g/mol. The molecule has 1 aromatic rings. The first-order chi connectivity index (χ1) is 12.6. The number of carbonyl (C=O) groups is 3. The van der Waals surface area contributed by atoms with Gasteiger partial charge in [-0.2, -0.15) is 0 Å². The van der Waals surface area contributed by atoms with Gasteiger partial charge in [0.15, 0.2) is 0 Å². The Kier molecular flexibility index (Phi) is 4.46. The molecule has 4 rings (SSSR count). The van der Waals surface area contributed by atoms with Crippen molar-refractivity contribution in [3.63, 3.8) is 0 Å². The normalized spacial score (nSPS) is 22.9. The van der Waals surface area contributed by atoms with Crippen molar-refractivity contribution in [1.82, 2.24) is 15.5 Å². The number of ether oxygens (including phenoxy) is 1. The van der Waals surface area contributed by atoms with Crippen LogP contribution in [0.25, 0.3) is 0 Å². The lowest BCUT2D eigenvalue weighted by molar-refractivity contribution is -0.136. The van der Waals surface area contributed by atoms with Gasteiger partial charge in [0.25, 0.3) is 5.91 Å². The molecule has 0 spiro atoms. The minimum absolute atomic E-state index is 0.186. The number of piperidine rings is 2. The number of nitrogens with one attached hydrogen (secondary N) is 2. The predicted molar refractivity (Wildman–Crippen MR) is 93.3 cm³/mol. The number of rotatable bonds is 3. The van der Waals surface area contributed by atoms with Crippen molar-refractivity contribution in [1.29, 1.82) is 0 Å². The zero-order valence-corrected chi connectivity index (χ0v) is 14.4. The summed E-state index contributed by atoms with van der Waals surface area (Å²) < 4.78 is 5.89. The van der Waals surface area contributed by atoms with Crippen LogP contribution in [0.15, 0.2) is 30.0 Å². The molecule has 1 unspecified atom stereocenters. The van der Waals surface area contributed by atoms with E-state index in [0.29, 0.717) is 24.3 Å². The maximum Gasteiger partial charge on any atom is 0.255 e. The smallest absolute Gasteiger partial charge is 0.255 e. The second-order valence-corrected chi connectivity index (χ2v) is 6.83. The van der Waals surface area contributed by atoms with Crippen LogP contribution in [-0.4, -0.2) is 41.8 Å². The van der Waals surface area contributed by atoms with E-state index in [1.54, 1.807) is 18.4 Å². The molecule has 0 aliphatic carbocycles. The molecular formula is C19H21N3O4. The van der Waals surface area contributed by atoms with Crippen molar-refractivity contribution in [3.8, 4) is 5.75 Å². The monoisotopic (exact) mass is 355 g/mol. The second kappa shape index (κ2) is 6.92. The van der Waals surface area contributed by atoms with Gasteiger partial charge in [0.1, 0.15) is 11.8 Å². The third-order valence-electron chi connectivity index (χ3n) is 5.14. The number of hydrogen-bond donors (Lipinski definition) is 2. The fourth-order valence-corrected chi connectivity index (χ4v) is 3.68. The Hall–Kier alpha value is -2.67. The van der Waals surface area contributed by atoms with E-state index < -0.39 is 11.9 Å². The summed E-state index contributed by atoms with van der Waals surface area (Å²) in [6, 6.07) is 4.79. The van der Waals surface area contributed by atoms with Crippen molar-refractivity contribution in [2.24, 2.45) is 0 Å². The van der Waals surface area contributed by atoms with E-state index in [-0.39, 0.29) is 18.2 Å². The van der Waals surface area contributed by atoms with Crippen LogP contribution in [-0.2, 0) is 16.1 Å². The third kappa shape index (κ3) is 3.10. The highest BCUT2D eigenvalue weighted by molar-refractivity contribution is 6.05. The molecule has 7 heteroatoms. The van der Waals surface area contributed by atoms with Crippen molar-refractivity contribution >= 4 is 17.7 Å². The number of carbonyl (C=O) groups excluding carboxylic acids is 3. The van der Waals surface area contributed by atoms with Crippen LogP contribution in [0, 0.1) is 0 Å². The Labute approximate surface area is 151 Å². The Morgan fingerprint density at radius 3 is 2.69 bits per heavy atom. The van der Waals surface area contributed by atoms with Gasteiger partial charge in [-0.25, -0.2) is 0 Å². The van der Waals surface area contributed by atoms with E-state index in [4.69, 9.17) is 4.74 Å². The number of hydrogen-bond acceptors (Lipinski definition) is 5. The lowest BCUT2D eigenvalue weighted by atomic mass is 10.0. The van der Waals surface area contributed by atoms with Crippen LogP contribution in [0.2, 0.25) is 0 Å². The summed E-state index contributed by atoms with van der Waals surface area (Å²) in [6.07, 6.45) is 4.31. The molecule has 2 fully saturated rings. The van der Waals surface area contributed by atoms with Crippen LogP contribution in [0.3, 0.4) is 0 Å². The molecule has 136 valence electrons. The molecule has 7 nitrogen and oxygen atoms in total. The molecule has 0 bridgehead atoms. The maximum absolute atomic E-state index is 12.8. The van der Waals surface area contributed by atoms with Gasteiger partial charge in [0.2, 0.25) is 11.8 Å². The average molecular weight is 355 g/mol. The highest BCUT2D eigenvalue weighted by Gasteiger charge is 2.40. The number of imide groups is 1. The van der Waals surface area contributed by atoms with Crippen LogP contribution in [0.4, 0.5) is 0 Å². The van der Waals surface area contributed by atoms with Gasteiger partial charge in [-0.1, -0.05) is 6.07 Å². The first kappa shape index (κ1) is 16.8. The lowest BCUT2D eigenvalue weighted by Crippen LogP contribution is -2.52. The van der Waals surface area contributed by atoms with Crippen molar-refractivity contribution in [3.05, 3.63) is 41.2 Å². The number of nitrogens with zero attached hydrogens (tertiary/aromatic N) is 1. The minimum Gasteiger partial charge on any atom is -0.465 e. The molecule has 3 aliphatic heterocycles. The van der Waals surface area contributed by atoms with E-state index in [0.717, 1.165) is 31.5 Å². The summed E-state index contributed by atoms with van der Waals surface area (Å²) in [5.74, 6) is -0.221. The fraction of sp³-hybridized carbons (Fsp3) is 0.421. The molecule has 1 atom stereocenters. The number of amides is 3. The average Bonchev–Trinajstić information content (AvgIpc) is 2.98. The summed E-state index contributed by atoms with van der Waals surface area (Å²) in [5, 5.41) is 5.62. The Morgan fingerprint density at radius 2 is 1.92 bits per heavy atom. The third-order valence-corrected chi connectivity index (χ3v) is 5.14. The molecule has 3 aliphatic rings. The number of fused-ring (bicyclic) bond motifs is 1. The van der Waals surface area contributed by atoms with E-state index in [1.165, 1.54) is 10.5 Å². The van der Waals surface area contributed by atoms with E-state index in [2.05, 4.69) is 10.6 Å². The molecule has 3 heterocycles. The molecule has 1 aromatic carbocycles. The van der Waals surface area contributed by atoms with Crippen LogP contribution >= 0.6 is 0 Å². The van der Waals surface area contributed by atoms with E-state index >= 15 is 0 Å². The molecule has 26 heavy (non-hydrogen) atoms.